The summed E-state index contributed by atoms with van der Waals surface area (Å²) in [6.07, 6.45) is 8.95. The lowest BCUT2D eigenvalue weighted by Gasteiger charge is -2.24. The highest BCUT2D eigenvalue weighted by Crippen LogP contribution is 2.34. The van der Waals surface area contributed by atoms with Crippen molar-refractivity contribution < 1.29 is 14.6 Å². The monoisotopic (exact) mass is 339 g/mol. The summed E-state index contributed by atoms with van der Waals surface area (Å²) < 4.78 is 6.02. The molecule has 1 aromatic rings. The van der Waals surface area contributed by atoms with Gasteiger partial charge in [0.05, 0.1) is 18.8 Å². The third-order valence-electron chi connectivity index (χ3n) is 5.16. The van der Waals surface area contributed by atoms with Crippen LogP contribution in [0, 0.1) is 0 Å². The zero-order valence-electron chi connectivity index (χ0n) is 13.9. The summed E-state index contributed by atoms with van der Waals surface area (Å²) in [5.41, 5.74) is -0.889. The van der Waals surface area contributed by atoms with Crippen molar-refractivity contribution in [1.29, 1.82) is 0 Å². The Morgan fingerprint density at radius 1 is 1.13 bits per heavy atom. The second-order valence-corrected chi connectivity index (χ2v) is 8.42. The van der Waals surface area contributed by atoms with Crippen LogP contribution in [0.5, 0.6) is 0 Å². The van der Waals surface area contributed by atoms with Crippen molar-refractivity contribution in [1.82, 2.24) is 4.90 Å². The standard InChI is InChI=1S/C18H29NO3S/c20-14-18(21)9-4-11-19(12-10-18)13-15-7-8-17(22-15)23-16-5-2-1-3-6-16/h7-8,16,20-21H,1-6,9-14H2/t18-/m1/s1. The Labute approximate surface area is 143 Å². The third-order valence-corrected chi connectivity index (χ3v) is 6.41. The van der Waals surface area contributed by atoms with Crippen LogP contribution in [0.25, 0.3) is 0 Å². The zero-order valence-corrected chi connectivity index (χ0v) is 14.7. The molecule has 1 aromatic heterocycles. The molecule has 23 heavy (non-hydrogen) atoms. The molecular weight excluding hydrogens is 310 g/mol. The van der Waals surface area contributed by atoms with Gasteiger partial charge in [-0.1, -0.05) is 31.0 Å². The number of aliphatic hydroxyl groups excluding tert-OH is 1. The molecule has 0 aromatic carbocycles. The number of aliphatic hydroxyl groups is 2. The SMILES string of the molecule is OC[C@@]1(O)CCCN(Cc2ccc(SC3CCCCC3)o2)CC1. The molecule has 5 heteroatoms. The second-order valence-electron chi connectivity index (χ2n) is 7.11. The number of furan rings is 1. The summed E-state index contributed by atoms with van der Waals surface area (Å²) in [5.74, 6) is 1.01. The summed E-state index contributed by atoms with van der Waals surface area (Å²) in [5, 5.41) is 21.3. The number of hydrogen-bond donors (Lipinski definition) is 2. The fraction of sp³-hybridized carbons (Fsp3) is 0.778. The van der Waals surface area contributed by atoms with Crippen LogP contribution in [-0.4, -0.2) is 45.7 Å². The largest absolute Gasteiger partial charge is 0.454 e. The predicted octanol–water partition coefficient (Wildman–Crippen LogP) is 3.41. The Kier molecular flexibility index (Phi) is 6.07. The van der Waals surface area contributed by atoms with Crippen molar-refractivity contribution in [3.05, 3.63) is 17.9 Å². The quantitative estimate of drug-likeness (QED) is 0.861. The first-order valence-corrected chi connectivity index (χ1v) is 9.86. The van der Waals surface area contributed by atoms with Crippen molar-refractivity contribution in [2.75, 3.05) is 19.7 Å². The van der Waals surface area contributed by atoms with Crippen LogP contribution in [-0.2, 0) is 6.54 Å². The minimum absolute atomic E-state index is 0.135. The Morgan fingerprint density at radius 2 is 1.96 bits per heavy atom. The van der Waals surface area contributed by atoms with Gasteiger partial charge in [0.2, 0.25) is 0 Å². The van der Waals surface area contributed by atoms with E-state index >= 15 is 0 Å². The minimum atomic E-state index is -0.889. The van der Waals surface area contributed by atoms with Gasteiger partial charge in [-0.3, -0.25) is 4.90 Å². The Bertz CT molecular complexity index is 486. The van der Waals surface area contributed by atoms with E-state index in [1.165, 1.54) is 32.1 Å². The van der Waals surface area contributed by atoms with Crippen molar-refractivity contribution in [3.63, 3.8) is 0 Å². The number of likely N-dealkylation sites (tertiary alicyclic amines) is 1. The van der Waals surface area contributed by atoms with Gasteiger partial charge in [0.1, 0.15) is 5.76 Å². The van der Waals surface area contributed by atoms with Crippen LogP contribution < -0.4 is 0 Å². The summed E-state index contributed by atoms with van der Waals surface area (Å²) in [7, 11) is 0. The first-order valence-electron chi connectivity index (χ1n) is 8.98. The van der Waals surface area contributed by atoms with Gasteiger partial charge in [0.15, 0.2) is 5.09 Å². The highest BCUT2D eigenvalue weighted by Gasteiger charge is 2.29. The maximum Gasteiger partial charge on any atom is 0.160 e. The first-order chi connectivity index (χ1) is 11.2. The van der Waals surface area contributed by atoms with Crippen LogP contribution in [0.4, 0.5) is 0 Å². The number of thioether (sulfide) groups is 1. The lowest BCUT2D eigenvalue weighted by Crippen LogP contribution is -2.34. The molecule has 0 amide bonds. The van der Waals surface area contributed by atoms with Gasteiger partial charge in [0, 0.05) is 11.8 Å². The molecule has 1 saturated carbocycles. The van der Waals surface area contributed by atoms with E-state index in [4.69, 9.17) is 4.42 Å². The minimum Gasteiger partial charge on any atom is -0.454 e. The molecule has 0 unspecified atom stereocenters. The molecule has 4 nitrogen and oxygen atoms in total. The van der Waals surface area contributed by atoms with Gasteiger partial charge in [-0.15, -0.1) is 0 Å². The Morgan fingerprint density at radius 3 is 2.74 bits per heavy atom. The second kappa shape index (κ2) is 8.06. The van der Waals surface area contributed by atoms with E-state index in [0.29, 0.717) is 12.8 Å². The lowest BCUT2D eigenvalue weighted by molar-refractivity contribution is -0.0256. The zero-order chi connectivity index (χ0) is 16.1. The molecule has 0 spiro atoms. The smallest absolute Gasteiger partial charge is 0.160 e. The molecule has 130 valence electrons. The molecule has 0 radical (unpaired) electrons. The predicted molar refractivity (Wildman–Crippen MR) is 92.6 cm³/mol. The maximum absolute atomic E-state index is 10.2. The van der Waals surface area contributed by atoms with Crippen LogP contribution in [0.2, 0.25) is 0 Å². The van der Waals surface area contributed by atoms with Crippen LogP contribution in [0.15, 0.2) is 21.6 Å². The number of hydrogen-bond acceptors (Lipinski definition) is 5. The molecule has 1 aliphatic carbocycles. The average Bonchev–Trinajstić information content (AvgIpc) is 2.91. The maximum atomic E-state index is 10.2. The van der Waals surface area contributed by atoms with Crippen LogP contribution in [0.3, 0.4) is 0 Å². The van der Waals surface area contributed by atoms with Gasteiger partial charge in [-0.25, -0.2) is 0 Å². The number of rotatable bonds is 5. The Hall–Kier alpha value is -0.490. The van der Waals surface area contributed by atoms with Gasteiger partial charge in [-0.2, -0.15) is 0 Å². The summed E-state index contributed by atoms with van der Waals surface area (Å²) in [6, 6.07) is 4.20. The van der Waals surface area contributed by atoms with Gasteiger partial charge in [0.25, 0.3) is 0 Å². The van der Waals surface area contributed by atoms with Gasteiger partial charge in [-0.05, 0) is 50.8 Å². The number of nitrogens with zero attached hydrogens (tertiary/aromatic N) is 1. The summed E-state index contributed by atoms with van der Waals surface area (Å²) in [6.45, 7) is 2.42. The average molecular weight is 340 g/mol. The van der Waals surface area contributed by atoms with E-state index in [-0.39, 0.29) is 6.61 Å². The lowest BCUT2D eigenvalue weighted by atomic mass is 9.96. The third kappa shape index (κ3) is 4.99. The molecule has 1 saturated heterocycles. The van der Waals surface area contributed by atoms with Crippen LogP contribution >= 0.6 is 11.8 Å². The van der Waals surface area contributed by atoms with E-state index in [1.807, 2.05) is 11.8 Å². The summed E-state index contributed by atoms with van der Waals surface area (Å²) in [4.78, 5) is 2.32. The first kappa shape index (κ1) is 17.3. The Balaban J connectivity index is 1.50. The molecule has 2 aliphatic rings. The van der Waals surface area contributed by atoms with Gasteiger partial charge < -0.3 is 14.6 Å². The van der Waals surface area contributed by atoms with Crippen molar-refractivity contribution in [2.24, 2.45) is 0 Å². The molecule has 2 heterocycles. The van der Waals surface area contributed by atoms with E-state index in [0.717, 1.165) is 42.2 Å². The van der Waals surface area contributed by atoms with Crippen molar-refractivity contribution >= 4 is 11.8 Å². The van der Waals surface area contributed by atoms with E-state index in [2.05, 4.69) is 17.0 Å². The van der Waals surface area contributed by atoms with E-state index in [1.54, 1.807) is 0 Å². The highest BCUT2D eigenvalue weighted by atomic mass is 32.2. The normalized spacial score (nSPS) is 27.9. The highest BCUT2D eigenvalue weighted by molar-refractivity contribution is 7.99. The van der Waals surface area contributed by atoms with E-state index < -0.39 is 5.60 Å². The van der Waals surface area contributed by atoms with Crippen LogP contribution in [0.1, 0.15) is 57.1 Å². The van der Waals surface area contributed by atoms with Gasteiger partial charge >= 0.3 is 0 Å². The molecule has 2 fully saturated rings. The molecule has 1 atom stereocenters. The molecule has 1 aliphatic heterocycles. The van der Waals surface area contributed by atoms with Crippen molar-refractivity contribution in [3.8, 4) is 0 Å². The fourth-order valence-electron chi connectivity index (χ4n) is 3.63. The van der Waals surface area contributed by atoms with Crippen molar-refractivity contribution in [2.45, 2.75) is 73.9 Å². The molecule has 0 bridgehead atoms. The summed E-state index contributed by atoms with van der Waals surface area (Å²) >= 11 is 1.90. The molecular formula is C18H29NO3S. The van der Waals surface area contributed by atoms with E-state index in [9.17, 15) is 10.2 Å². The topological polar surface area (TPSA) is 56.8 Å². The molecule has 2 N–H and O–H groups in total. The molecule has 3 rings (SSSR count). The fourth-order valence-corrected chi connectivity index (χ4v) is 4.82.